The fourth-order valence-corrected chi connectivity index (χ4v) is 2.26. The smallest absolute Gasteiger partial charge is 0.138 e. The topological polar surface area (TPSA) is 34.4 Å². The highest BCUT2D eigenvalue weighted by Crippen LogP contribution is 2.35. The average Bonchev–Trinajstić information content (AvgIpc) is 2.83. The predicted molar refractivity (Wildman–Crippen MR) is 77.6 cm³/mol. The first-order chi connectivity index (χ1) is 9.15. The molecule has 19 heavy (non-hydrogen) atoms. The quantitative estimate of drug-likeness (QED) is 0.889. The van der Waals surface area contributed by atoms with Crippen molar-refractivity contribution in [3.63, 3.8) is 0 Å². The Morgan fingerprint density at radius 2 is 2.00 bits per heavy atom. The Bertz CT molecular complexity index is 558. The van der Waals surface area contributed by atoms with Crippen molar-refractivity contribution in [3.05, 3.63) is 41.2 Å². The number of furan rings is 1. The van der Waals surface area contributed by atoms with E-state index in [0.29, 0.717) is 0 Å². The molecule has 0 spiro atoms. The lowest BCUT2D eigenvalue weighted by molar-refractivity contribution is 0.413. The second kappa shape index (κ2) is 5.93. The van der Waals surface area contributed by atoms with Gasteiger partial charge in [-0.3, -0.25) is 0 Å². The van der Waals surface area contributed by atoms with Gasteiger partial charge >= 0.3 is 0 Å². The summed E-state index contributed by atoms with van der Waals surface area (Å²) in [6, 6.07) is 8.20. The molecule has 0 radical (unpaired) electrons. The van der Waals surface area contributed by atoms with E-state index >= 15 is 0 Å². The van der Waals surface area contributed by atoms with Gasteiger partial charge in [0.2, 0.25) is 0 Å². The molecule has 0 aliphatic heterocycles. The second-order valence-corrected chi connectivity index (χ2v) is 4.71. The molecule has 1 N–H and O–H groups in total. The summed E-state index contributed by atoms with van der Waals surface area (Å²) < 4.78 is 11.4. The van der Waals surface area contributed by atoms with Crippen LogP contribution in [0.15, 0.2) is 28.7 Å². The van der Waals surface area contributed by atoms with Gasteiger partial charge in [-0.15, -0.1) is 0 Å². The Balaban J connectivity index is 2.38. The van der Waals surface area contributed by atoms with Crippen LogP contribution in [0.4, 0.5) is 0 Å². The van der Waals surface area contributed by atoms with E-state index in [4.69, 9.17) is 9.15 Å². The highest BCUT2D eigenvalue weighted by Gasteiger charge is 2.13. The van der Waals surface area contributed by atoms with Gasteiger partial charge in [-0.05, 0) is 49.7 Å². The molecule has 0 aliphatic rings. The largest absolute Gasteiger partial charge is 0.496 e. The van der Waals surface area contributed by atoms with Crippen LogP contribution in [0, 0.1) is 13.8 Å². The highest BCUT2D eigenvalue weighted by molar-refractivity contribution is 5.70. The Labute approximate surface area is 114 Å². The number of methoxy groups -OCH3 is 1. The molecule has 2 rings (SSSR count). The van der Waals surface area contributed by atoms with E-state index < -0.39 is 0 Å². The predicted octanol–water partition coefficient (Wildman–Crippen LogP) is 3.68. The first-order valence-electron chi connectivity index (χ1n) is 6.60. The molecule has 1 aromatic heterocycles. The molecule has 0 amide bonds. The lowest BCUT2D eigenvalue weighted by atomic mass is 10.0. The van der Waals surface area contributed by atoms with E-state index in [0.717, 1.165) is 35.9 Å². The fraction of sp³-hybridized carbons (Fsp3) is 0.375. The summed E-state index contributed by atoms with van der Waals surface area (Å²) in [6.07, 6.45) is 0. The fourth-order valence-electron chi connectivity index (χ4n) is 2.26. The maximum atomic E-state index is 5.89. The Morgan fingerprint density at radius 3 is 2.68 bits per heavy atom. The van der Waals surface area contributed by atoms with Crippen LogP contribution in [0.2, 0.25) is 0 Å². The number of ether oxygens (including phenoxy) is 1. The van der Waals surface area contributed by atoms with Crippen molar-refractivity contribution in [2.45, 2.75) is 27.3 Å². The third-order valence-electron chi connectivity index (χ3n) is 3.12. The monoisotopic (exact) mass is 259 g/mol. The van der Waals surface area contributed by atoms with Crippen LogP contribution >= 0.6 is 0 Å². The summed E-state index contributed by atoms with van der Waals surface area (Å²) in [5, 5.41) is 3.26. The molecule has 0 bridgehead atoms. The number of hydrogen-bond donors (Lipinski definition) is 1. The van der Waals surface area contributed by atoms with E-state index in [-0.39, 0.29) is 0 Å². The van der Waals surface area contributed by atoms with Crippen molar-refractivity contribution in [1.29, 1.82) is 0 Å². The molecule has 3 nitrogen and oxygen atoms in total. The molecule has 0 fully saturated rings. The van der Waals surface area contributed by atoms with Crippen molar-refractivity contribution in [2.24, 2.45) is 0 Å². The number of benzene rings is 1. The van der Waals surface area contributed by atoms with E-state index in [9.17, 15) is 0 Å². The zero-order valence-electron chi connectivity index (χ0n) is 12.0. The van der Waals surface area contributed by atoms with E-state index in [1.807, 2.05) is 18.2 Å². The van der Waals surface area contributed by atoms with Gasteiger partial charge in [-0.2, -0.15) is 0 Å². The van der Waals surface area contributed by atoms with Crippen LogP contribution in [0.1, 0.15) is 23.8 Å². The van der Waals surface area contributed by atoms with Gasteiger partial charge < -0.3 is 14.5 Å². The molecule has 1 heterocycles. The molecule has 0 atom stereocenters. The average molecular weight is 259 g/mol. The molecule has 3 heteroatoms. The van der Waals surface area contributed by atoms with Crippen LogP contribution < -0.4 is 10.1 Å². The molecule has 0 saturated heterocycles. The maximum Gasteiger partial charge on any atom is 0.138 e. The van der Waals surface area contributed by atoms with Crippen LogP contribution in [0.5, 0.6) is 5.75 Å². The van der Waals surface area contributed by atoms with Gasteiger partial charge in [0.25, 0.3) is 0 Å². The van der Waals surface area contributed by atoms with Crippen molar-refractivity contribution in [1.82, 2.24) is 5.32 Å². The number of nitrogens with one attached hydrogen (secondary N) is 1. The van der Waals surface area contributed by atoms with E-state index in [1.165, 1.54) is 11.1 Å². The van der Waals surface area contributed by atoms with Crippen molar-refractivity contribution < 1.29 is 9.15 Å². The number of hydrogen-bond acceptors (Lipinski definition) is 3. The normalized spacial score (nSPS) is 10.7. The van der Waals surface area contributed by atoms with Gasteiger partial charge in [0.15, 0.2) is 0 Å². The zero-order chi connectivity index (χ0) is 13.8. The third kappa shape index (κ3) is 2.99. The van der Waals surface area contributed by atoms with Gasteiger partial charge in [0.1, 0.15) is 17.3 Å². The van der Waals surface area contributed by atoms with Gasteiger partial charge in [0.05, 0.1) is 19.2 Å². The standard InChI is InChI=1S/C16H21NO2/c1-5-17-10-13-6-7-14(19-13)16-12(3)8-11(2)9-15(16)18-4/h6-9,17H,5,10H2,1-4H3. The second-order valence-electron chi connectivity index (χ2n) is 4.71. The molecule has 0 unspecified atom stereocenters. The van der Waals surface area contributed by atoms with Crippen molar-refractivity contribution >= 4 is 0 Å². The SMILES string of the molecule is CCNCc1ccc(-c2c(C)cc(C)cc2OC)o1. The van der Waals surface area contributed by atoms with Crippen LogP contribution in [0.25, 0.3) is 11.3 Å². The van der Waals surface area contributed by atoms with E-state index in [2.05, 4.69) is 32.2 Å². The summed E-state index contributed by atoms with van der Waals surface area (Å²) in [7, 11) is 1.69. The molecule has 0 saturated carbocycles. The molecular formula is C16H21NO2. The Hall–Kier alpha value is -1.74. The van der Waals surface area contributed by atoms with Crippen LogP contribution in [0.3, 0.4) is 0 Å². The molecule has 0 aliphatic carbocycles. The minimum absolute atomic E-state index is 0.754. The summed E-state index contributed by atoms with van der Waals surface area (Å²) in [5.74, 6) is 2.67. The summed E-state index contributed by atoms with van der Waals surface area (Å²) >= 11 is 0. The Kier molecular flexibility index (Phi) is 4.27. The lowest BCUT2D eigenvalue weighted by Crippen LogP contribution is -2.10. The first-order valence-corrected chi connectivity index (χ1v) is 6.60. The molecule has 102 valence electrons. The van der Waals surface area contributed by atoms with Crippen LogP contribution in [-0.2, 0) is 6.54 Å². The van der Waals surface area contributed by atoms with Crippen molar-refractivity contribution in [2.75, 3.05) is 13.7 Å². The lowest BCUT2D eigenvalue weighted by Gasteiger charge is -2.11. The summed E-state index contributed by atoms with van der Waals surface area (Å²) in [5.41, 5.74) is 3.40. The molecular weight excluding hydrogens is 238 g/mol. The highest BCUT2D eigenvalue weighted by atomic mass is 16.5. The third-order valence-corrected chi connectivity index (χ3v) is 3.12. The van der Waals surface area contributed by atoms with Crippen LogP contribution in [-0.4, -0.2) is 13.7 Å². The summed E-state index contributed by atoms with van der Waals surface area (Å²) in [4.78, 5) is 0. The Morgan fingerprint density at radius 1 is 1.21 bits per heavy atom. The summed E-state index contributed by atoms with van der Waals surface area (Å²) in [6.45, 7) is 7.92. The minimum Gasteiger partial charge on any atom is -0.496 e. The van der Waals surface area contributed by atoms with Gasteiger partial charge in [-0.25, -0.2) is 0 Å². The minimum atomic E-state index is 0.754. The molecule has 2 aromatic rings. The molecule has 1 aromatic carbocycles. The van der Waals surface area contributed by atoms with Crippen molar-refractivity contribution in [3.8, 4) is 17.1 Å². The maximum absolute atomic E-state index is 5.89. The van der Waals surface area contributed by atoms with Gasteiger partial charge in [0, 0.05) is 0 Å². The zero-order valence-corrected chi connectivity index (χ0v) is 12.0. The van der Waals surface area contributed by atoms with E-state index in [1.54, 1.807) is 7.11 Å². The first kappa shape index (κ1) is 13.7. The number of rotatable bonds is 5. The van der Waals surface area contributed by atoms with Gasteiger partial charge in [-0.1, -0.05) is 13.0 Å². The number of aryl methyl sites for hydroxylation is 2.